The molecule has 1 atom stereocenters. The van der Waals surface area contributed by atoms with Crippen molar-refractivity contribution in [2.45, 2.75) is 18.2 Å². The molecule has 0 saturated carbocycles. The number of rotatable bonds is 3. The van der Waals surface area contributed by atoms with E-state index in [0.29, 0.717) is 6.42 Å². The van der Waals surface area contributed by atoms with E-state index in [9.17, 15) is 4.79 Å². The Morgan fingerprint density at radius 1 is 1.64 bits per heavy atom. The van der Waals surface area contributed by atoms with Gasteiger partial charge in [-0.15, -0.1) is 0 Å². The molecule has 0 aliphatic heterocycles. The minimum absolute atomic E-state index is 0.278. The van der Waals surface area contributed by atoms with Gasteiger partial charge in [-0.05, 0) is 53.1 Å². The lowest BCUT2D eigenvalue weighted by Gasteiger charge is -2.09. The average molecular weight is 368 g/mol. The van der Waals surface area contributed by atoms with E-state index in [-0.39, 0.29) is 10.7 Å². The van der Waals surface area contributed by atoms with Gasteiger partial charge in [-0.1, -0.05) is 28.1 Å². The molecule has 0 fully saturated rings. The average Bonchev–Trinajstić information content (AvgIpc) is 2.12. The van der Waals surface area contributed by atoms with E-state index in [2.05, 4.69) is 45.4 Å². The number of carbonyl (C=O) groups excluding carboxylic acids is 1. The molecule has 0 bridgehead atoms. The predicted molar refractivity (Wildman–Crippen MR) is 69.5 cm³/mol. The molecule has 4 heteroatoms. The van der Waals surface area contributed by atoms with Gasteiger partial charge in [-0.25, -0.2) is 0 Å². The van der Waals surface area contributed by atoms with Gasteiger partial charge in [0, 0.05) is 3.57 Å². The molecule has 0 aliphatic rings. The molecule has 1 rings (SSSR count). The summed E-state index contributed by atoms with van der Waals surface area (Å²) in [6.45, 7) is 2.05. The number of carbonyl (C=O) groups is 1. The molecule has 76 valence electrons. The molecule has 1 aromatic rings. The van der Waals surface area contributed by atoms with Crippen LogP contribution in [0.2, 0.25) is 0 Å². The van der Waals surface area contributed by atoms with E-state index in [1.807, 2.05) is 18.2 Å². The first-order chi connectivity index (χ1) is 6.52. The molecule has 0 spiro atoms. The molecular formula is C10H11BrINO. The van der Waals surface area contributed by atoms with E-state index in [1.54, 1.807) is 0 Å². The molecule has 1 amide bonds. The zero-order chi connectivity index (χ0) is 10.7. The highest BCUT2D eigenvalue weighted by Crippen LogP contribution is 2.19. The summed E-state index contributed by atoms with van der Waals surface area (Å²) < 4.78 is 1.21. The number of hydrogen-bond acceptors (Lipinski definition) is 1. The Labute approximate surface area is 106 Å². The third kappa shape index (κ3) is 2.95. The van der Waals surface area contributed by atoms with Crippen LogP contribution in [0.25, 0.3) is 0 Å². The largest absolute Gasteiger partial charge is 0.369 e. The maximum Gasteiger partial charge on any atom is 0.231 e. The Bertz CT molecular complexity index is 354. The number of halogens is 2. The van der Waals surface area contributed by atoms with Crippen LogP contribution in [-0.4, -0.2) is 10.7 Å². The molecule has 0 saturated heterocycles. The van der Waals surface area contributed by atoms with Gasteiger partial charge in [0.2, 0.25) is 5.91 Å². The number of alkyl halides is 1. The topological polar surface area (TPSA) is 43.1 Å². The van der Waals surface area contributed by atoms with Crippen LogP contribution >= 0.6 is 38.5 Å². The maximum atomic E-state index is 10.9. The van der Waals surface area contributed by atoms with Crippen molar-refractivity contribution < 1.29 is 4.79 Å². The zero-order valence-corrected chi connectivity index (χ0v) is 11.5. The van der Waals surface area contributed by atoms with Gasteiger partial charge in [-0.3, -0.25) is 4.79 Å². The summed E-state index contributed by atoms with van der Waals surface area (Å²) >= 11 is 5.54. The van der Waals surface area contributed by atoms with Crippen LogP contribution in [-0.2, 0) is 11.2 Å². The fraction of sp³-hybridized carbons (Fsp3) is 0.300. The monoisotopic (exact) mass is 367 g/mol. The standard InChI is InChI=1S/C10H11BrINO/c1-6-7(3-2-4-9(6)12)5-8(11)10(13)14/h2-4,8H,5H2,1H3,(H2,13,14). The Morgan fingerprint density at radius 3 is 2.86 bits per heavy atom. The lowest BCUT2D eigenvalue weighted by Crippen LogP contribution is -2.25. The van der Waals surface area contributed by atoms with E-state index in [0.717, 1.165) is 5.56 Å². The van der Waals surface area contributed by atoms with Crippen LogP contribution in [0.4, 0.5) is 0 Å². The number of primary amides is 1. The van der Waals surface area contributed by atoms with Crippen LogP contribution < -0.4 is 5.73 Å². The highest BCUT2D eigenvalue weighted by molar-refractivity contribution is 14.1. The summed E-state index contributed by atoms with van der Waals surface area (Å²) in [5.41, 5.74) is 7.57. The van der Waals surface area contributed by atoms with E-state index in [1.165, 1.54) is 9.13 Å². The molecular weight excluding hydrogens is 357 g/mol. The third-order valence-corrected chi connectivity index (χ3v) is 4.03. The van der Waals surface area contributed by atoms with Crippen LogP contribution in [0, 0.1) is 10.5 Å². The van der Waals surface area contributed by atoms with E-state index < -0.39 is 0 Å². The number of amides is 1. The first-order valence-electron chi connectivity index (χ1n) is 4.19. The van der Waals surface area contributed by atoms with Crippen LogP contribution in [0.1, 0.15) is 11.1 Å². The van der Waals surface area contributed by atoms with Crippen LogP contribution in [0.5, 0.6) is 0 Å². The summed E-state index contributed by atoms with van der Waals surface area (Å²) in [6.07, 6.45) is 0.651. The van der Waals surface area contributed by atoms with E-state index in [4.69, 9.17) is 5.73 Å². The Kier molecular flexibility index (Phi) is 4.37. The molecule has 1 unspecified atom stereocenters. The van der Waals surface area contributed by atoms with Gasteiger partial charge in [0.25, 0.3) is 0 Å². The van der Waals surface area contributed by atoms with Gasteiger partial charge in [0.15, 0.2) is 0 Å². The number of benzene rings is 1. The second-order valence-electron chi connectivity index (χ2n) is 3.10. The van der Waals surface area contributed by atoms with Crippen molar-refractivity contribution in [2.24, 2.45) is 5.73 Å². The quantitative estimate of drug-likeness (QED) is 0.647. The van der Waals surface area contributed by atoms with Crippen molar-refractivity contribution in [3.8, 4) is 0 Å². The zero-order valence-electron chi connectivity index (χ0n) is 7.76. The smallest absolute Gasteiger partial charge is 0.231 e. The fourth-order valence-corrected chi connectivity index (χ4v) is 2.07. The molecule has 2 nitrogen and oxygen atoms in total. The lowest BCUT2D eigenvalue weighted by molar-refractivity contribution is -0.117. The summed E-state index contributed by atoms with van der Waals surface area (Å²) in [5.74, 6) is -0.316. The Hall–Kier alpha value is -0.100. The minimum Gasteiger partial charge on any atom is -0.369 e. The Morgan fingerprint density at radius 2 is 2.29 bits per heavy atom. The second kappa shape index (κ2) is 5.11. The van der Waals surface area contributed by atoms with Crippen molar-refractivity contribution in [3.05, 3.63) is 32.9 Å². The summed E-state index contributed by atoms with van der Waals surface area (Å²) in [5, 5.41) is 0. The van der Waals surface area contributed by atoms with Crippen LogP contribution in [0.15, 0.2) is 18.2 Å². The predicted octanol–water partition coefficient (Wildman–Crippen LogP) is 2.39. The molecule has 0 heterocycles. The van der Waals surface area contributed by atoms with E-state index >= 15 is 0 Å². The number of hydrogen-bond donors (Lipinski definition) is 1. The maximum absolute atomic E-state index is 10.9. The Balaban J connectivity index is 2.87. The van der Waals surface area contributed by atoms with Gasteiger partial charge in [0.05, 0.1) is 4.83 Å². The summed E-state index contributed by atoms with van der Waals surface area (Å²) in [7, 11) is 0. The van der Waals surface area contributed by atoms with Crippen LogP contribution in [0.3, 0.4) is 0 Å². The van der Waals surface area contributed by atoms with Crippen molar-refractivity contribution >= 4 is 44.4 Å². The highest BCUT2D eigenvalue weighted by atomic mass is 127. The SMILES string of the molecule is Cc1c(I)cccc1CC(Br)C(N)=O. The normalized spacial score (nSPS) is 12.5. The molecule has 0 radical (unpaired) electrons. The van der Waals surface area contributed by atoms with Crippen molar-refractivity contribution in [1.29, 1.82) is 0 Å². The number of nitrogens with two attached hydrogens (primary N) is 1. The lowest BCUT2D eigenvalue weighted by atomic mass is 10.0. The van der Waals surface area contributed by atoms with Gasteiger partial charge >= 0.3 is 0 Å². The summed E-state index contributed by atoms with van der Waals surface area (Å²) in [6, 6.07) is 6.06. The van der Waals surface area contributed by atoms with Crippen molar-refractivity contribution in [1.82, 2.24) is 0 Å². The van der Waals surface area contributed by atoms with Gasteiger partial charge in [-0.2, -0.15) is 0 Å². The second-order valence-corrected chi connectivity index (χ2v) is 5.37. The molecule has 1 aromatic carbocycles. The van der Waals surface area contributed by atoms with Gasteiger partial charge in [0.1, 0.15) is 0 Å². The molecule has 0 aliphatic carbocycles. The summed E-state index contributed by atoms with van der Waals surface area (Å²) in [4.78, 5) is 10.6. The van der Waals surface area contributed by atoms with Gasteiger partial charge < -0.3 is 5.73 Å². The minimum atomic E-state index is -0.316. The fourth-order valence-electron chi connectivity index (χ4n) is 1.17. The van der Waals surface area contributed by atoms with Crippen molar-refractivity contribution in [2.75, 3.05) is 0 Å². The molecule has 14 heavy (non-hydrogen) atoms. The third-order valence-electron chi connectivity index (χ3n) is 2.09. The highest BCUT2D eigenvalue weighted by Gasteiger charge is 2.13. The first-order valence-corrected chi connectivity index (χ1v) is 6.19. The first kappa shape index (κ1) is 12.0. The van der Waals surface area contributed by atoms with Crippen molar-refractivity contribution in [3.63, 3.8) is 0 Å². The molecule has 2 N–H and O–H groups in total. The molecule has 0 aromatic heterocycles.